The Balaban J connectivity index is 1.78. The number of hydrogen-bond donors (Lipinski definition) is 1. The maximum Gasteiger partial charge on any atom is 0.261 e. The Hall–Kier alpha value is -0.650. The van der Waals surface area contributed by atoms with Gasteiger partial charge in [-0.3, -0.25) is 4.79 Å². The number of aryl methyl sites for hydroxylation is 1. The van der Waals surface area contributed by atoms with Gasteiger partial charge in [0, 0.05) is 4.47 Å². The minimum absolute atomic E-state index is 0.00176. The van der Waals surface area contributed by atoms with E-state index >= 15 is 0 Å². The maximum atomic E-state index is 12.2. The van der Waals surface area contributed by atoms with Crippen molar-refractivity contribution in [3.63, 3.8) is 0 Å². The van der Waals surface area contributed by atoms with Crippen molar-refractivity contribution >= 4 is 49.1 Å². The lowest BCUT2D eigenvalue weighted by Crippen LogP contribution is -2.26. The molecule has 1 aromatic heterocycles. The van der Waals surface area contributed by atoms with Crippen LogP contribution in [0.4, 0.5) is 0 Å². The Kier molecular flexibility index (Phi) is 3.78. The largest absolute Gasteiger partial charge is 0.345 e. The van der Waals surface area contributed by atoms with Crippen molar-refractivity contribution in [2.45, 2.75) is 18.9 Å². The fraction of sp³-hybridized carbons (Fsp3) is 0.214. The van der Waals surface area contributed by atoms with Crippen LogP contribution in [0.3, 0.4) is 0 Å². The Morgan fingerprint density at radius 3 is 2.84 bits per heavy atom. The number of carbonyl (C=O) groups is 1. The summed E-state index contributed by atoms with van der Waals surface area (Å²) in [4.78, 5) is 13.0. The molecular weight excluding hydrogens is 390 g/mol. The van der Waals surface area contributed by atoms with Crippen LogP contribution in [0.1, 0.15) is 33.3 Å². The van der Waals surface area contributed by atoms with Crippen molar-refractivity contribution in [1.29, 1.82) is 0 Å². The minimum Gasteiger partial charge on any atom is -0.345 e. The Morgan fingerprint density at radius 1 is 1.32 bits per heavy atom. The zero-order valence-corrected chi connectivity index (χ0v) is 13.9. The summed E-state index contributed by atoms with van der Waals surface area (Å²) in [5.74, 6) is -0.00176. The van der Waals surface area contributed by atoms with Crippen LogP contribution in [0, 0.1) is 0 Å². The van der Waals surface area contributed by atoms with E-state index in [-0.39, 0.29) is 11.9 Å². The molecule has 1 aromatic carbocycles. The van der Waals surface area contributed by atoms with Gasteiger partial charge in [0.2, 0.25) is 0 Å². The monoisotopic (exact) mass is 399 g/mol. The van der Waals surface area contributed by atoms with E-state index in [0.717, 1.165) is 26.0 Å². The predicted octanol–water partition coefficient (Wildman–Crippen LogP) is 4.69. The normalized spacial score (nSPS) is 17.3. The fourth-order valence-corrected chi connectivity index (χ4v) is 4.33. The lowest BCUT2D eigenvalue weighted by molar-refractivity contribution is 0.0941. The summed E-state index contributed by atoms with van der Waals surface area (Å²) in [6.07, 6.45) is 2.03. The third kappa shape index (κ3) is 2.64. The number of halogens is 2. The van der Waals surface area contributed by atoms with Gasteiger partial charge in [0.15, 0.2) is 0 Å². The summed E-state index contributed by atoms with van der Waals surface area (Å²) < 4.78 is 1.87. The molecule has 3 rings (SSSR count). The SMILES string of the molecule is O=C(NC1CCc2ccccc21)c1cc(Br)c(Br)s1. The zero-order valence-electron chi connectivity index (χ0n) is 9.95. The van der Waals surface area contributed by atoms with Crippen molar-refractivity contribution in [3.8, 4) is 0 Å². The van der Waals surface area contributed by atoms with E-state index < -0.39 is 0 Å². The van der Waals surface area contributed by atoms with Crippen LogP contribution < -0.4 is 5.32 Å². The molecule has 98 valence electrons. The number of hydrogen-bond acceptors (Lipinski definition) is 2. The quantitative estimate of drug-likeness (QED) is 0.778. The second-order valence-electron chi connectivity index (χ2n) is 4.50. The average Bonchev–Trinajstić information content (AvgIpc) is 2.95. The van der Waals surface area contributed by atoms with Crippen LogP contribution in [0.15, 0.2) is 38.6 Å². The Bertz CT molecular complexity index is 619. The first-order chi connectivity index (χ1) is 9.15. The molecule has 1 aliphatic carbocycles. The predicted molar refractivity (Wildman–Crippen MR) is 84.7 cm³/mol. The molecule has 0 saturated carbocycles. The van der Waals surface area contributed by atoms with Crippen LogP contribution in [-0.4, -0.2) is 5.91 Å². The molecule has 1 unspecified atom stereocenters. The van der Waals surface area contributed by atoms with Crippen molar-refractivity contribution in [1.82, 2.24) is 5.32 Å². The molecule has 0 radical (unpaired) electrons. The van der Waals surface area contributed by atoms with Gasteiger partial charge >= 0.3 is 0 Å². The maximum absolute atomic E-state index is 12.2. The molecule has 1 heterocycles. The molecule has 5 heteroatoms. The summed E-state index contributed by atoms with van der Waals surface area (Å²) in [5, 5.41) is 3.12. The van der Waals surface area contributed by atoms with E-state index in [0.29, 0.717) is 0 Å². The topological polar surface area (TPSA) is 29.1 Å². The second-order valence-corrected chi connectivity index (χ2v) is 7.72. The van der Waals surface area contributed by atoms with Crippen LogP contribution in [-0.2, 0) is 6.42 Å². The van der Waals surface area contributed by atoms with E-state index in [1.165, 1.54) is 22.5 Å². The number of rotatable bonds is 2. The highest BCUT2D eigenvalue weighted by Gasteiger charge is 2.24. The van der Waals surface area contributed by atoms with Gasteiger partial charge in [0.05, 0.1) is 14.7 Å². The van der Waals surface area contributed by atoms with Gasteiger partial charge in [-0.05, 0) is 61.9 Å². The molecule has 0 saturated heterocycles. The van der Waals surface area contributed by atoms with Crippen molar-refractivity contribution in [2.24, 2.45) is 0 Å². The Labute approximate surface area is 132 Å². The van der Waals surface area contributed by atoms with Crippen LogP contribution >= 0.6 is 43.2 Å². The molecule has 2 aromatic rings. The van der Waals surface area contributed by atoms with Gasteiger partial charge in [0.25, 0.3) is 5.91 Å². The summed E-state index contributed by atoms with van der Waals surface area (Å²) in [7, 11) is 0. The van der Waals surface area contributed by atoms with Gasteiger partial charge in [-0.1, -0.05) is 24.3 Å². The second kappa shape index (κ2) is 5.38. The number of amides is 1. The number of nitrogens with one attached hydrogen (secondary N) is 1. The van der Waals surface area contributed by atoms with E-state index in [2.05, 4.69) is 55.4 Å². The summed E-state index contributed by atoms with van der Waals surface area (Å²) in [6, 6.07) is 10.3. The highest BCUT2D eigenvalue weighted by Crippen LogP contribution is 2.34. The zero-order chi connectivity index (χ0) is 13.4. The third-order valence-electron chi connectivity index (χ3n) is 3.31. The van der Waals surface area contributed by atoms with E-state index in [9.17, 15) is 4.79 Å². The van der Waals surface area contributed by atoms with Gasteiger partial charge in [-0.15, -0.1) is 11.3 Å². The molecule has 1 atom stereocenters. The first kappa shape index (κ1) is 13.3. The van der Waals surface area contributed by atoms with Gasteiger partial charge in [-0.25, -0.2) is 0 Å². The van der Waals surface area contributed by atoms with E-state index in [4.69, 9.17) is 0 Å². The smallest absolute Gasteiger partial charge is 0.261 e. The number of carbonyl (C=O) groups excluding carboxylic acids is 1. The third-order valence-corrected chi connectivity index (χ3v) is 6.56. The van der Waals surface area contributed by atoms with E-state index in [1.54, 1.807) is 0 Å². The van der Waals surface area contributed by atoms with Gasteiger partial charge in [0.1, 0.15) is 0 Å². The van der Waals surface area contributed by atoms with Crippen molar-refractivity contribution in [3.05, 3.63) is 54.6 Å². The van der Waals surface area contributed by atoms with Crippen molar-refractivity contribution < 1.29 is 4.79 Å². The van der Waals surface area contributed by atoms with Crippen molar-refractivity contribution in [2.75, 3.05) is 0 Å². The lowest BCUT2D eigenvalue weighted by atomic mass is 10.1. The average molecular weight is 401 g/mol. The van der Waals surface area contributed by atoms with Crippen LogP contribution in [0.5, 0.6) is 0 Å². The lowest BCUT2D eigenvalue weighted by Gasteiger charge is -2.13. The molecular formula is C14H11Br2NOS. The number of fused-ring (bicyclic) bond motifs is 1. The highest BCUT2D eigenvalue weighted by molar-refractivity contribution is 9.13. The molecule has 0 spiro atoms. The molecule has 0 fully saturated rings. The minimum atomic E-state index is -0.00176. The number of benzene rings is 1. The summed E-state index contributed by atoms with van der Waals surface area (Å²) >= 11 is 8.27. The molecule has 1 aliphatic rings. The first-order valence-electron chi connectivity index (χ1n) is 5.98. The number of thiophene rings is 1. The standard InChI is InChI=1S/C14H11Br2NOS/c15-10-7-12(19-13(10)16)14(18)17-11-6-5-8-3-1-2-4-9(8)11/h1-4,7,11H,5-6H2,(H,17,18). The van der Waals surface area contributed by atoms with Gasteiger partial charge in [-0.2, -0.15) is 0 Å². The summed E-state index contributed by atoms with van der Waals surface area (Å²) in [6.45, 7) is 0. The van der Waals surface area contributed by atoms with Gasteiger partial charge < -0.3 is 5.32 Å². The summed E-state index contributed by atoms with van der Waals surface area (Å²) in [5.41, 5.74) is 2.60. The van der Waals surface area contributed by atoms with Crippen LogP contribution in [0.2, 0.25) is 0 Å². The fourth-order valence-electron chi connectivity index (χ4n) is 2.39. The molecule has 19 heavy (non-hydrogen) atoms. The molecule has 1 N–H and O–H groups in total. The molecule has 1 amide bonds. The highest BCUT2D eigenvalue weighted by atomic mass is 79.9. The Morgan fingerprint density at radius 2 is 2.11 bits per heavy atom. The molecule has 0 aliphatic heterocycles. The molecule has 0 bridgehead atoms. The van der Waals surface area contributed by atoms with E-state index in [1.807, 2.05) is 12.1 Å². The van der Waals surface area contributed by atoms with Crippen LogP contribution in [0.25, 0.3) is 0 Å². The molecule has 2 nitrogen and oxygen atoms in total. The first-order valence-corrected chi connectivity index (χ1v) is 8.39.